The molecule has 62 heavy (non-hydrogen) atoms. The second-order valence-corrected chi connectivity index (χ2v) is 21.5. The minimum atomic E-state index is -1.81. The van der Waals surface area contributed by atoms with E-state index in [4.69, 9.17) is 37.9 Å². The summed E-state index contributed by atoms with van der Waals surface area (Å²) in [6.45, 7) is 10.6. The molecule has 1 spiro atoms. The summed E-state index contributed by atoms with van der Waals surface area (Å²) in [7, 11) is 0. The van der Waals surface area contributed by atoms with Gasteiger partial charge in [-0.05, 0) is 111 Å². The van der Waals surface area contributed by atoms with Crippen molar-refractivity contribution in [2.75, 3.05) is 19.8 Å². The fourth-order valence-corrected chi connectivity index (χ4v) is 14.6. The first kappa shape index (κ1) is 46.4. The van der Waals surface area contributed by atoms with Crippen LogP contribution in [0.2, 0.25) is 0 Å². The van der Waals surface area contributed by atoms with Crippen molar-refractivity contribution < 1.29 is 83.9 Å². The molecule has 27 atom stereocenters. The lowest BCUT2D eigenvalue weighted by atomic mass is 9.44. The van der Waals surface area contributed by atoms with E-state index in [1.165, 1.54) is 19.8 Å². The monoisotopic (exact) mass is 886 g/mol. The van der Waals surface area contributed by atoms with Gasteiger partial charge in [0, 0.05) is 12.3 Å². The second kappa shape index (κ2) is 17.4. The zero-order valence-electron chi connectivity index (χ0n) is 36.8. The Morgan fingerprint density at radius 3 is 1.94 bits per heavy atom. The Morgan fingerprint density at radius 2 is 1.24 bits per heavy atom. The molecule has 356 valence electrons. The lowest BCUT2D eigenvalue weighted by Crippen LogP contribution is -2.67. The summed E-state index contributed by atoms with van der Waals surface area (Å²) in [6.07, 6.45) is -12.6. The van der Waals surface area contributed by atoms with Gasteiger partial charge >= 0.3 is 0 Å². The zero-order chi connectivity index (χ0) is 44.2. The topological polar surface area (TPSA) is 256 Å². The van der Waals surface area contributed by atoms with E-state index >= 15 is 0 Å². The summed E-state index contributed by atoms with van der Waals surface area (Å²) in [5.41, 5.74) is 0.320. The molecular formula is C45H74O17. The molecule has 5 heterocycles. The third-order valence-corrected chi connectivity index (χ3v) is 18.2. The van der Waals surface area contributed by atoms with Gasteiger partial charge in [-0.15, -0.1) is 0 Å². The maximum atomic E-state index is 12.0. The largest absolute Gasteiger partial charge is 0.394 e. The van der Waals surface area contributed by atoms with Gasteiger partial charge < -0.3 is 83.9 Å². The summed E-state index contributed by atoms with van der Waals surface area (Å²) < 4.78 is 50.0. The van der Waals surface area contributed by atoms with E-state index < -0.39 is 111 Å². The van der Waals surface area contributed by atoms with Crippen LogP contribution in [0.15, 0.2) is 0 Å². The van der Waals surface area contributed by atoms with Gasteiger partial charge in [0.15, 0.2) is 24.7 Å². The summed E-state index contributed by atoms with van der Waals surface area (Å²) in [5, 5.41) is 95.8. The van der Waals surface area contributed by atoms with Crippen molar-refractivity contribution in [3.05, 3.63) is 0 Å². The standard InChI is InChI=1S/C45H74O17/c1-19-8-13-45(55-18-19)20(2)30-27(62-45)15-26-24-7-6-22-14-23(9-11-43(22,4)25(24)10-12-44(26,30)5)57-42-39(61-40-35(52)33(50)31(48)21(3)56-40)37(54)38(29(17-47)59-42)60-41-36(53)34(51)32(49)28(16-46)58-41/h19-42,46-54H,6-18H2,1-5H3/t19-,20+,21+,22+,23+,24?,25?,26?,27?,28-,29-,30?,31+,32-,33-,34+,35-,36-,37+,38+,39-,40+,41+,42-,43+,44+,45-/m1/s1. The van der Waals surface area contributed by atoms with Crippen LogP contribution in [0.4, 0.5) is 0 Å². The van der Waals surface area contributed by atoms with E-state index in [2.05, 4.69) is 27.7 Å². The van der Waals surface area contributed by atoms with Crippen molar-refractivity contribution in [2.24, 2.45) is 52.3 Å². The molecule has 5 unspecified atom stereocenters. The van der Waals surface area contributed by atoms with Crippen LogP contribution in [0.5, 0.6) is 0 Å². The lowest BCUT2D eigenvalue weighted by Gasteiger charge is -2.61. The number of hydrogen-bond donors (Lipinski definition) is 9. The predicted octanol–water partition coefficient (Wildman–Crippen LogP) is 0.294. The van der Waals surface area contributed by atoms with Crippen molar-refractivity contribution >= 4 is 0 Å². The van der Waals surface area contributed by atoms with Crippen LogP contribution < -0.4 is 0 Å². The average Bonchev–Trinajstić information content (AvgIpc) is 3.70. The van der Waals surface area contributed by atoms with Crippen molar-refractivity contribution in [1.29, 1.82) is 0 Å². The minimum absolute atomic E-state index is 0.103. The Labute approximate surface area is 364 Å². The molecule has 0 aromatic carbocycles. The van der Waals surface area contributed by atoms with E-state index in [0.29, 0.717) is 47.8 Å². The van der Waals surface area contributed by atoms with E-state index in [9.17, 15) is 46.0 Å². The Morgan fingerprint density at radius 1 is 0.581 bits per heavy atom. The van der Waals surface area contributed by atoms with Gasteiger partial charge in [0.25, 0.3) is 0 Å². The molecule has 5 saturated heterocycles. The van der Waals surface area contributed by atoms with Gasteiger partial charge in [0.2, 0.25) is 0 Å². The van der Waals surface area contributed by atoms with E-state index in [0.717, 1.165) is 51.6 Å². The van der Waals surface area contributed by atoms with Crippen LogP contribution in [0, 0.1) is 52.3 Å². The van der Waals surface area contributed by atoms with Crippen molar-refractivity contribution in [3.8, 4) is 0 Å². The predicted molar refractivity (Wildman–Crippen MR) is 214 cm³/mol. The van der Waals surface area contributed by atoms with E-state index in [1.807, 2.05) is 0 Å². The molecule has 17 nitrogen and oxygen atoms in total. The molecule has 0 bridgehead atoms. The highest BCUT2D eigenvalue weighted by Gasteiger charge is 2.69. The molecular weight excluding hydrogens is 812 g/mol. The molecule has 5 aliphatic heterocycles. The molecule has 9 aliphatic rings. The number of fused-ring (bicyclic) bond motifs is 7. The Bertz CT molecular complexity index is 1550. The number of aliphatic hydroxyl groups excluding tert-OH is 9. The molecule has 0 amide bonds. The van der Waals surface area contributed by atoms with Crippen LogP contribution in [0.1, 0.15) is 98.8 Å². The fraction of sp³-hybridized carbons (Fsp3) is 1.00. The van der Waals surface area contributed by atoms with Gasteiger partial charge in [-0.3, -0.25) is 0 Å². The highest BCUT2D eigenvalue weighted by molar-refractivity contribution is 5.15. The van der Waals surface area contributed by atoms with Gasteiger partial charge in [0.1, 0.15) is 67.1 Å². The van der Waals surface area contributed by atoms with Gasteiger partial charge in [-0.1, -0.05) is 27.7 Å². The minimum Gasteiger partial charge on any atom is -0.394 e. The normalized spacial score (nSPS) is 58.9. The Balaban J connectivity index is 0.899. The van der Waals surface area contributed by atoms with Gasteiger partial charge in [-0.25, -0.2) is 0 Å². The second-order valence-electron chi connectivity index (χ2n) is 21.5. The van der Waals surface area contributed by atoms with E-state index in [1.54, 1.807) is 0 Å². The van der Waals surface area contributed by atoms with Crippen LogP contribution in [-0.4, -0.2) is 176 Å². The molecule has 9 fully saturated rings. The van der Waals surface area contributed by atoms with Crippen LogP contribution in [0.3, 0.4) is 0 Å². The first-order valence-electron chi connectivity index (χ1n) is 23.7. The number of hydrogen-bond acceptors (Lipinski definition) is 17. The van der Waals surface area contributed by atoms with Crippen molar-refractivity contribution in [2.45, 2.75) is 209 Å². The van der Waals surface area contributed by atoms with Gasteiger partial charge in [-0.2, -0.15) is 0 Å². The molecule has 0 radical (unpaired) electrons. The molecule has 17 heteroatoms. The SMILES string of the molecule is C[C@@H]1CC[C@@]2(OC1)OC1CC3C4CC[C@H]5C[C@@H](O[C@@H]6O[C@H](CO)[C@H](O[C@@H]7O[C@H](CO)[C@@H](O)[C@H](O)[C@H]7O)[C@H](O)[C@H]6O[C@@H]6O[C@@H](C)[C@H](O)[C@@H](O)[C@H]6O)CC[C@]5(C)C4CC[C@]3(C)C1[C@@H]2C. The first-order valence-corrected chi connectivity index (χ1v) is 23.7. The molecule has 9 N–H and O–H groups in total. The zero-order valence-corrected chi connectivity index (χ0v) is 36.8. The maximum Gasteiger partial charge on any atom is 0.187 e. The molecule has 0 aromatic rings. The van der Waals surface area contributed by atoms with E-state index in [-0.39, 0.29) is 23.0 Å². The average molecular weight is 887 g/mol. The summed E-state index contributed by atoms with van der Waals surface area (Å²) in [5.74, 6) is 3.18. The molecule has 0 aromatic heterocycles. The quantitative estimate of drug-likeness (QED) is 0.149. The molecule has 4 saturated carbocycles. The van der Waals surface area contributed by atoms with Crippen LogP contribution in [0.25, 0.3) is 0 Å². The van der Waals surface area contributed by atoms with Gasteiger partial charge in [0.05, 0.1) is 38.1 Å². The fourth-order valence-electron chi connectivity index (χ4n) is 14.6. The van der Waals surface area contributed by atoms with Crippen LogP contribution >= 0.6 is 0 Å². The summed E-state index contributed by atoms with van der Waals surface area (Å²) >= 11 is 0. The number of ether oxygens (including phenoxy) is 8. The number of aliphatic hydroxyl groups is 9. The molecule has 9 rings (SSSR count). The maximum absolute atomic E-state index is 12.0. The van der Waals surface area contributed by atoms with Crippen molar-refractivity contribution in [3.63, 3.8) is 0 Å². The summed E-state index contributed by atoms with van der Waals surface area (Å²) in [4.78, 5) is 0. The Hall–Kier alpha value is -0.680. The highest BCUT2D eigenvalue weighted by Crippen LogP contribution is 2.71. The smallest absolute Gasteiger partial charge is 0.187 e. The lowest BCUT2D eigenvalue weighted by molar-refractivity contribution is -0.390. The third kappa shape index (κ3) is 7.56. The Kier molecular flexibility index (Phi) is 13.1. The van der Waals surface area contributed by atoms with Crippen LogP contribution in [-0.2, 0) is 37.9 Å². The third-order valence-electron chi connectivity index (χ3n) is 18.2. The highest BCUT2D eigenvalue weighted by atomic mass is 16.8. The van der Waals surface area contributed by atoms with Crippen molar-refractivity contribution in [1.82, 2.24) is 0 Å². The first-order chi connectivity index (χ1) is 29.4. The summed E-state index contributed by atoms with van der Waals surface area (Å²) in [6, 6.07) is 0. The molecule has 4 aliphatic carbocycles. The number of rotatable bonds is 8.